The molecule has 1 heterocycles. The predicted octanol–water partition coefficient (Wildman–Crippen LogP) is 1.81. The SMILES string of the molecule is CN(C)C(=O)Cc1nc(COc2ccc(CN)cc2)cs1. The van der Waals surface area contributed by atoms with E-state index >= 15 is 0 Å². The molecule has 112 valence electrons. The highest BCUT2D eigenvalue weighted by atomic mass is 32.1. The molecule has 0 saturated heterocycles. The molecule has 1 aromatic heterocycles. The van der Waals surface area contributed by atoms with Crippen molar-refractivity contribution in [2.24, 2.45) is 5.73 Å². The number of carbonyl (C=O) groups is 1. The van der Waals surface area contributed by atoms with Crippen LogP contribution in [0.1, 0.15) is 16.3 Å². The van der Waals surface area contributed by atoms with Crippen molar-refractivity contribution in [1.82, 2.24) is 9.88 Å². The summed E-state index contributed by atoms with van der Waals surface area (Å²) in [4.78, 5) is 17.6. The van der Waals surface area contributed by atoms with Crippen molar-refractivity contribution in [2.45, 2.75) is 19.6 Å². The number of ether oxygens (including phenoxy) is 1. The lowest BCUT2D eigenvalue weighted by Crippen LogP contribution is -2.23. The monoisotopic (exact) mass is 305 g/mol. The lowest BCUT2D eigenvalue weighted by atomic mass is 10.2. The standard InChI is InChI=1S/C15H19N3O2S/c1-18(2)15(19)7-14-17-12(10-21-14)9-20-13-5-3-11(8-16)4-6-13/h3-6,10H,7-9,16H2,1-2H3. The summed E-state index contributed by atoms with van der Waals surface area (Å²) in [7, 11) is 3.48. The minimum Gasteiger partial charge on any atom is -0.487 e. The van der Waals surface area contributed by atoms with Crippen LogP contribution in [0.25, 0.3) is 0 Å². The van der Waals surface area contributed by atoms with Gasteiger partial charge in [0.1, 0.15) is 17.4 Å². The summed E-state index contributed by atoms with van der Waals surface area (Å²) in [6.07, 6.45) is 0.336. The first-order valence-electron chi connectivity index (χ1n) is 6.63. The van der Waals surface area contributed by atoms with Crippen molar-refractivity contribution in [1.29, 1.82) is 0 Å². The molecule has 0 atom stereocenters. The molecule has 0 aliphatic carbocycles. The van der Waals surface area contributed by atoms with E-state index in [4.69, 9.17) is 10.5 Å². The Labute approximate surface area is 128 Å². The largest absolute Gasteiger partial charge is 0.487 e. The van der Waals surface area contributed by atoms with Gasteiger partial charge in [0.05, 0.1) is 12.1 Å². The highest BCUT2D eigenvalue weighted by Crippen LogP contribution is 2.16. The van der Waals surface area contributed by atoms with Gasteiger partial charge in [0, 0.05) is 26.0 Å². The third-order valence-corrected chi connectivity index (χ3v) is 3.84. The number of likely N-dealkylation sites (N-methyl/N-ethyl adjacent to an activating group) is 1. The van der Waals surface area contributed by atoms with Crippen LogP contribution in [0.2, 0.25) is 0 Å². The number of rotatable bonds is 6. The van der Waals surface area contributed by atoms with Crippen molar-refractivity contribution < 1.29 is 9.53 Å². The summed E-state index contributed by atoms with van der Waals surface area (Å²) in [5, 5.41) is 2.73. The fourth-order valence-electron chi connectivity index (χ4n) is 1.66. The molecule has 0 bridgehead atoms. The van der Waals surface area contributed by atoms with E-state index in [0.29, 0.717) is 19.6 Å². The van der Waals surface area contributed by atoms with E-state index in [2.05, 4.69) is 4.98 Å². The Morgan fingerprint density at radius 3 is 2.67 bits per heavy atom. The van der Waals surface area contributed by atoms with Crippen molar-refractivity contribution in [2.75, 3.05) is 14.1 Å². The number of aromatic nitrogens is 1. The maximum atomic E-state index is 11.6. The van der Waals surface area contributed by atoms with Crippen LogP contribution in [0.4, 0.5) is 0 Å². The Hall–Kier alpha value is -1.92. The van der Waals surface area contributed by atoms with Gasteiger partial charge >= 0.3 is 0 Å². The number of hydrogen-bond acceptors (Lipinski definition) is 5. The Kier molecular flexibility index (Phi) is 5.30. The Bertz CT molecular complexity index is 593. The Morgan fingerprint density at radius 2 is 2.05 bits per heavy atom. The second kappa shape index (κ2) is 7.19. The maximum Gasteiger partial charge on any atom is 0.228 e. The second-order valence-electron chi connectivity index (χ2n) is 4.83. The van der Waals surface area contributed by atoms with Gasteiger partial charge in [-0.05, 0) is 17.7 Å². The molecule has 0 radical (unpaired) electrons. The van der Waals surface area contributed by atoms with E-state index < -0.39 is 0 Å². The molecule has 6 heteroatoms. The molecule has 0 saturated carbocycles. The van der Waals surface area contributed by atoms with E-state index in [9.17, 15) is 4.79 Å². The van der Waals surface area contributed by atoms with Gasteiger partial charge in [0.2, 0.25) is 5.91 Å². The topological polar surface area (TPSA) is 68.5 Å². The van der Waals surface area contributed by atoms with Crippen LogP contribution < -0.4 is 10.5 Å². The molecule has 5 nitrogen and oxygen atoms in total. The molecule has 2 rings (SSSR count). The molecule has 2 aromatic rings. The minimum atomic E-state index is 0.0502. The van der Waals surface area contributed by atoms with Crippen molar-refractivity contribution in [3.8, 4) is 5.75 Å². The summed E-state index contributed by atoms with van der Waals surface area (Å²) in [5.41, 5.74) is 7.46. The number of hydrogen-bond donors (Lipinski definition) is 1. The molecule has 0 spiro atoms. The average molecular weight is 305 g/mol. The van der Waals surface area contributed by atoms with Gasteiger partial charge < -0.3 is 15.4 Å². The number of benzene rings is 1. The molecular formula is C15H19N3O2S. The molecule has 0 aliphatic heterocycles. The van der Waals surface area contributed by atoms with E-state index in [1.165, 1.54) is 11.3 Å². The van der Waals surface area contributed by atoms with Gasteiger partial charge in [-0.1, -0.05) is 12.1 Å². The van der Waals surface area contributed by atoms with E-state index in [1.807, 2.05) is 29.6 Å². The van der Waals surface area contributed by atoms with Crippen molar-refractivity contribution >= 4 is 17.2 Å². The third kappa shape index (κ3) is 4.54. The zero-order valence-corrected chi connectivity index (χ0v) is 13.0. The maximum absolute atomic E-state index is 11.6. The van der Waals surface area contributed by atoms with Crippen LogP contribution >= 0.6 is 11.3 Å². The van der Waals surface area contributed by atoms with Crippen molar-refractivity contribution in [3.63, 3.8) is 0 Å². The van der Waals surface area contributed by atoms with Gasteiger partial charge in [-0.15, -0.1) is 11.3 Å². The normalized spacial score (nSPS) is 10.4. The first kappa shape index (κ1) is 15.5. The third-order valence-electron chi connectivity index (χ3n) is 2.95. The van der Waals surface area contributed by atoms with Crippen LogP contribution in [0.15, 0.2) is 29.6 Å². The Morgan fingerprint density at radius 1 is 1.33 bits per heavy atom. The number of nitrogens with zero attached hydrogens (tertiary/aromatic N) is 2. The lowest BCUT2D eigenvalue weighted by Gasteiger charge is -2.07. The molecule has 21 heavy (non-hydrogen) atoms. The number of thiazole rings is 1. The molecule has 0 aliphatic rings. The molecular weight excluding hydrogens is 286 g/mol. The van der Waals surface area contributed by atoms with Crippen LogP contribution in [-0.4, -0.2) is 29.9 Å². The van der Waals surface area contributed by atoms with E-state index in [0.717, 1.165) is 22.0 Å². The fourth-order valence-corrected chi connectivity index (χ4v) is 2.43. The van der Waals surface area contributed by atoms with Gasteiger partial charge in [0.25, 0.3) is 0 Å². The molecule has 1 aromatic carbocycles. The van der Waals surface area contributed by atoms with Gasteiger partial charge in [-0.2, -0.15) is 0 Å². The van der Waals surface area contributed by atoms with Crippen molar-refractivity contribution in [3.05, 3.63) is 45.9 Å². The van der Waals surface area contributed by atoms with Gasteiger partial charge in [-0.25, -0.2) is 4.98 Å². The average Bonchev–Trinajstić information content (AvgIpc) is 2.93. The minimum absolute atomic E-state index is 0.0502. The number of carbonyl (C=O) groups excluding carboxylic acids is 1. The van der Waals surface area contributed by atoms with Crippen LogP contribution in [0.5, 0.6) is 5.75 Å². The number of nitrogens with two attached hydrogens (primary N) is 1. The predicted molar refractivity (Wildman–Crippen MR) is 83.2 cm³/mol. The van der Waals surface area contributed by atoms with Crippen LogP contribution in [0.3, 0.4) is 0 Å². The van der Waals surface area contributed by atoms with Gasteiger partial charge in [-0.3, -0.25) is 4.79 Å². The van der Waals surface area contributed by atoms with E-state index in [1.54, 1.807) is 19.0 Å². The highest BCUT2D eigenvalue weighted by molar-refractivity contribution is 7.09. The fraction of sp³-hybridized carbons (Fsp3) is 0.333. The van der Waals surface area contributed by atoms with Gasteiger partial charge in [0.15, 0.2) is 0 Å². The van der Waals surface area contributed by atoms with Crippen LogP contribution in [-0.2, 0) is 24.4 Å². The number of amides is 1. The first-order chi connectivity index (χ1) is 10.1. The summed E-state index contributed by atoms with van der Waals surface area (Å²) in [6, 6.07) is 7.67. The zero-order valence-electron chi connectivity index (χ0n) is 12.2. The second-order valence-corrected chi connectivity index (χ2v) is 5.78. The Balaban J connectivity index is 1.88. The molecule has 0 unspecified atom stereocenters. The smallest absolute Gasteiger partial charge is 0.228 e. The summed E-state index contributed by atoms with van der Waals surface area (Å²) >= 11 is 1.48. The summed E-state index contributed by atoms with van der Waals surface area (Å²) in [5.74, 6) is 0.834. The molecule has 2 N–H and O–H groups in total. The summed E-state index contributed by atoms with van der Waals surface area (Å²) < 4.78 is 5.67. The quantitative estimate of drug-likeness (QED) is 0.884. The summed E-state index contributed by atoms with van der Waals surface area (Å²) in [6.45, 7) is 0.921. The zero-order chi connectivity index (χ0) is 15.2. The molecule has 0 fully saturated rings. The first-order valence-corrected chi connectivity index (χ1v) is 7.51. The lowest BCUT2D eigenvalue weighted by molar-refractivity contribution is -0.127. The van der Waals surface area contributed by atoms with E-state index in [-0.39, 0.29) is 5.91 Å². The van der Waals surface area contributed by atoms with Crippen LogP contribution in [0, 0.1) is 0 Å². The molecule has 1 amide bonds. The highest BCUT2D eigenvalue weighted by Gasteiger charge is 2.09.